The Hall–Kier alpha value is -1.67. The van der Waals surface area contributed by atoms with Crippen molar-refractivity contribution in [1.29, 1.82) is 0 Å². The van der Waals surface area contributed by atoms with Crippen molar-refractivity contribution >= 4 is 29.9 Å². The fourth-order valence-corrected chi connectivity index (χ4v) is 2.58. The number of hydrogen-bond acceptors (Lipinski definition) is 2. The van der Waals surface area contributed by atoms with Crippen LogP contribution in [0.3, 0.4) is 0 Å². The topological polar surface area (TPSA) is 39.7 Å². The number of benzene rings is 2. The Morgan fingerprint density at radius 3 is 2.35 bits per heavy atom. The fourth-order valence-electron chi connectivity index (χ4n) is 2.58. The van der Waals surface area contributed by atoms with Crippen molar-refractivity contribution in [1.82, 2.24) is 15.5 Å². The van der Waals surface area contributed by atoms with Crippen LogP contribution in [0.25, 0.3) is 0 Å². The smallest absolute Gasteiger partial charge is 0.191 e. The van der Waals surface area contributed by atoms with Crippen molar-refractivity contribution in [2.75, 3.05) is 33.7 Å². The van der Waals surface area contributed by atoms with Gasteiger partial charge in [-0.1, -0.05) is 48.5 Å². The lowest BCUT2D eigenvalue weighted by Gasteiger charge is -2.18. The summed E-state index contributed by atoms with van der Waals surface area (Å²) in [5.74, 6) is 0.583. The van der Waals surface area contributed by atoms with E-state index in [1.54, 1.807) is 13.1 Å². The first-order chi connectivity index (χ1) is 12.2. The molecule has 0 atom stereocenters. The van der Waals surface area contributed by atoms with E-state index in [0.29, 0.717) is 18.5 Å². The lowest BCUT2D eigenvalue weighted by atomic mass is 10.1. The summed E-state index contributed by atoms with van der Waals surface area (Å²) < 4.78 is 13.6. The molecule has 6 heteroatoms. The maximum Gasteiger partial charge on any atom is 0.191 e. The summed E-state index contributed by atoms with van der Waals surface area (Å²) in [6, 6.07) is 17.3. The third-order valence-corrected chi connectivity index (χ3v) is 3.95. The molecule has 0 saturated heterocycles. The fraction of sp³-hybridized carbons (Fsp3) is 0.350. The van der Waals surface area contributed by atoms with Gasteiger partial charge in [0.2, 0.25) is 0 Å². The molecule has 0 aliphatic carbocycles. The van der Waals surface area contributed by atoms with Gasteiger partial charge in [0.1, 0.15) is 5.82 Å². The first-order valence-corrected chi connectivity index (χ1v) is 8.59. The second-order valence-electron chi connectivity index (χ2n) is 5.99. The summed E-state index contributed by atoms with van der Waals surface area (Å²) in [5.41, 5.74) is 2.02. The molecule has 4 nitrogen and oxygen atoms in total. The van der Waals surface area contributed by atoms with E-state index in [4.69, 9.17) is 0 Å². The van der Waals surface area contributed by atoms with Crippen LogP contribution in [0.2, 0.25) is 0 Å². The van der Waals surface area contributed by atoms with Gasteiger partial charge in [0, 0.05) is 33.2 Å². The van der Waals surface area contributed by atoms with E-state index >= 15 is 0 Å². The number of aliphatic imine (C=N–C) groups is 1. The van der Waals surface area contributed by atoms with Crippen LogP contribution in [0.4, 0.5) is 4.39 Å². The molecular formula is C20H28FIN4. The minimum absolute atomic E-state index is 0. The quantitative estimate of drug-likeness (QED) is 0.354. The maximum atomic E-state index is 13.6. The molecule has 142 valence electrons. The predicted octanol–water partition coefficient (Wildman–Crippen LogP) is 3.28. The second-order valence-corrected chi connectivity index (χ2v) is 5.99. The Morgan fingerprint density at radius 1 is 1.00 bits per heavy atom. The normalized spacial score (nSPS) is 11.2. The molecule has 0 bridgehead atoms. The first kappa shape index (κ1) is 22.4. The van der Waals surface area contributed by atoms with Gasteiger partial charge in [0.15, 0.2) is 5.96 Å². The van der Waals surface area contributed by atoms with Crippen molar-refractivity contribution in [3.05, 3.63) is 71.5 Å². The van der Waals surface area contributed by atoms with E-state index in [9.17, 15) is 4.39 Å². The zero-order valence-corrected chi connectivity index (χ0v) is 17.7. The highest BCUT2D eigenvalue weighted by Gasteiger charge is 2.03. The zero-order valence-electron chi connectivity index (χ0n) is 15.4. The van der Waals surface area contributed by atoms with Gasteiger partial charge < -0.3 is 15.5 Å². The van der Waals surface area contributed by atoms with Crippen molar-refractivity contribution in [3.8, 4) is 0 Å². The summed E-state index contributed by atoms with van der Waals surface area (Å²) in [6.45, 7) is 3.26. The highest BCUT2D eigenvalue weighted by molar-refractivity contribution is 14.0. The molecule has 2 aromatic carbocycles. The van der Waals surface area contributed by atoms with Crippen LogP contribution in [0, 0.1) is 5.82 Å². The summed E-state index contributed by atoms with van der Waals surface area (Å²) >= 11 is 0. The summed E-state index contributed by atoms with van der Waals surface area (Å²) in [4.78, 5) is 6.46. The average Bonchev–Trinajstić information content (AvgIpc) is 2.62. The van der Waals surface area contributed by atoms with Gasteiger partial charge in [0.25, 0.3) is 0 Å². The molecule has 0 fully saturated rings. The number of halogens is 2. The van der Waals surface area contributed by atoms with Crippen molar-refractivity contribution in [3.63, 3.8) is 0 Å². The van der Waals surface area contributed by atoms with E-state index in [1.165, 1.54) is 11.6 Å². The molecule has 0 saturated carbocycles. The molecule has 0 spiro atoms. The number of hydrogen-bond donors (Lipinski definition) is 2. The monoisotopic (exact) mass is 470 g/mol. The van der Waals surface area contributed by atoms with Gasteiger partial charge in [-0.25, -0.2) is 4.39 Å². The first-order valence-electron chi connectivity index (χ1n) is 8.59. The predicted molar refractivity (Wildman–Crippen MR) is 118 cm³/mol. The maximum absolute atomic E-state index is 13.6. The zero-order chi connectivity index (χ0) is 17.9. The van der Waals surface area contributed by atoms with Gasteiger partial charge in [-0.05, 0) is 30.7 Å². The van der Waals surface area contributed by atoms with Crippen LogP contribution in [0.5, 0.6) is 0 Å². The Balaban J connectivity index is 0.00000338. The van der Waals surface area contributed by atoms with Gasteiger partial charge in [-0.3, -0.25) is 4.99 Å². The molecular weight excluding hydrogens is 442 g/mol. The molecule has 26 heavy (non-hydrogen) atoms. The molecule has 0 unspecified atom stereocenters. The highest BCUT2D eigenvalue weighted by Crippen LogP contribution is 2.06. The van der Waals surface area contributed by atoms with Gasteiger partial charge in [-0.15, -0.1) is 24.0 Å². The standard InChI is InChI=1S/C20H27FN4.HI/c1-22-20(23-13-12-18-10-6-7-11-19(18)21)24-14-15-25(2)16-17-8-4-3-5-9-17;/h3-11H,12-16H2,1-2H3,(H2,22,23,24);1H. The molecule has 0 radical (unpaired) electrons. The van der Waals surface area contributed by atoms with Crippen LogP contribution in [0.1, 0.15) is 11.1 Å². The molecule has 0 aliphatic heterocycles. The molecule has 0 amide bonds. The van der Waals surface area contributed by atoms with E-state index in [1.807, 2.05) is 18.2 Å². The molecule has 2 rings (SSSR count). The van der Waals surface area contributed by atoms with Crippen molar-refractivity contribution < 1.29 is 4.39 Å². The Kier molecular flexibility index (Phi) is 10.9. The van der Waals surface area contributed by atoms with Gasteiger partial charge in [-0.2, -0.15) is 0 Å². The third kappa shape index (κ3) is 8.14. The number of nitrogens with one attached hydrogen (secondary N) is 2. The van der Waals surface area contributed by atoms with E-state index < -0.39 is 0 Å². The highest BCUT2D eigenvalue weighted by atomic mass is 127. The van der Waals surface area contributed by atoms with E-state index in [2.05, 4.69) is 51.8 Å². The number of nitrogens with zero attached hydrogens (tertiary/aromatic N) is 2. The Morgan fingerprint density at radius 2 is 1.65 bits per heavy atom. The lowest BCUT2D eigenvalue weighted by Crippen LogP contribution is -2.41. The van der Waals surface area contributed by atoms with E-state index in [-0.39, 0.29) is 29.8 Å². The molecule has 0 heterocycles. The van der Waals surface area contributed by atoms with Crippen molar-refractivity contribution in [2.45, 2.75) is 13.0 Å². The molecule has 2 N–H and O–H groups in total. The van der Waals surface area contributed by atoms with Crippen LogP contribution >= 0.6 is 24.0 Å². The van der Waals surface area contributed by atoms with Gasteiger partial charge in [0.05, 0.1) is 0 Å². The molecule has 0 aliphatic rings. The van der Waals surface area contributed by atoms with Crippen LogP contribution in [-0.4, -0.2) is 44.6 Å². The summed E-state index contributed by atoms with van der Waals surface area (Å²) in [6.07, 6.45) is 0.626. The number of rotatable bonds is 8. The number of likely N-dealkylation sites (N-methyl/N-ethyl adjacent to an activating group) is 1. The summed E-state index contributed by atoms with van der Waals surface area (Å²) in [7, 11) is 3.84. The minimum Gasteiger partial charge on any atom is -0.356 e. The largest absolute Gasteiger partial charge is 0.356 e. The van der Waals surface area contributed by atoms with Crippen LogP contribution < -0.4 is 10.6 Å². The van der Waals surface area contributed by atoms with E-state index in [0.717, 1.165) is 25.6 Å². The minimum atomic E-state index is -0.158. The Labute approximate surface area is 172 Å². The summed E-state index contributed by atoms with van der Waals surface area (Å²) in [5, 5.41) is 6.51. The lowest BCUT2D eigenvalue weighted by molar-refractivity contribution is 0.331. The second kappa shape index (κ2) is 12.6. The SMILES string of the molecule is CN=C(NCCc1ccccc1F)NCCN(C)Cc1ccccc1.I. The molecule has 0 aromatic heterocycles. The van der Waals surface area contributed by atoms with Crippen molar-refractivity contribution in [2.24, 2.45) is 4.99 Å². The van der Waals surface area contributed by atoms with Gasteiger partial charge >= 0.3 is 0 Å². The third-order valence-electron chi connectivity index (χ3n) is 3.95. The number of guanidine groups is 1. The Bertz CT molecular complexity index is 664. The molecule has 2 aromatic rings. The van der Waals surface area contributed by atoms with Crippen LogP contribution in [0.15, 0.2) is 59.6 Å². The van der Waals surface area contributed by atoms with Crippen LogP contribution in [-0.2, 0) is 13.0 Å². The average molecular weight is 470 g/mol.